The van der Waals surface area contributed by atoms with Gasteiger partial charge in [-0.05, 0) is 69.5 Å². The molecule has 1 aromatic rings. The average Bonchev–Trinajstić information content (AvgIpc) is 2.41. The zero-order chi connectivity index (χ0) is 15.6. The summed E-state index contributed by atoms with van der Waals surface area (Å²) in [6, 6.07) is 4.77. The third-order valence-electron chi connectivity index (χ3n) is 4.45. The minimum Gasteiger partial charge on any atom is -0.362 e. The van der Waals surface area contributed by atoms with Crippen molar-refractivity contribution < 1.29 is 0 Å². The summed E-state index contributed by atoms with van der Waals surface area (Å²) in [5.41, 5.74) is 7.12. The Kier molecular flexibility index (Phi) is 4.77. The van der Waals surface area contributed by atoms with Gasteiger partial charge in [0.25, 0.3) is 0 Å². The van der Waals surface area contributed by atoms with Gasteiger partial charge < -0.3 is 10.2 Å². The summed E-state index contributed by atoms with van der Waals surface area (Å²) in [6.45, 7) is 16.6. The summed E-state index contributed by atoms with van der Waals surface area (Å²) in [5.74, 6) is 0. The molecule has 1 aliphatic rings. The van der Waals surface area contributed by atoms with E-state index in [1.807, 2.05) is 0 Å². The summed E-state index contributed by atoms with van der Waals surface area (Å²) >= 11 is 0. The maximum Gasteiger partial charge on any atom is 0.0534 e. The lowest BCUT2D eigenvalue weighted by molar-refractivity contribution is 0.550. The molecule has 116 valence electrons. The molecule has 0 saturated carbocycles. The van der Waals surface area contributed by atoms with Crippen molar-refractivity contribution in [1.82, 2.24) is 5.32 Å². The van der Waals surface area contributed by atoms with Crippen molar-refractivity contribution in [2.45, 2.75) is 60.0 Å². The van der Waals surface area contributed by atoms with Crippen LogP contribution in [-0.2, 0) is 6.54 Å². The summed E-state index contributed by atoms with van der Waals surface area (Å²) in [7, 11) is 0. The second-order valence-corrected chi connectivity index (χ2v) is 6.71. The highest BCUT2D eigenvalue weighted by Gasteiger charge is 2.30. The first-order chi connectivity index (χ1) is 9.90. The van der Waals surface area contributed by atoms with Crippen LogP contribution in [0.1, 0.15) is 57.7 Å². The first-order valence-electron chi connectivity index (χ1n) is 8.22. The van der Waals surface area contributed by atoms with Gasteiger partial charge in [-0.15, -0.1) is 0 Å². The van der Waals surface area contributed by atoms with Crippen LogP contribution in [0.15, 0.2) is 18.2 Å². The number of rotatable bonds is 5. The van der Waals surface area contributed by atoms with Gasteiger partial charge in [-0.1, -0.05) is 19.9 Å². The Bertz CT molecular complexity index is 541. The van der Waals surface area contributed by atoms with E-state index in [0.29, 0.717) is 0 Å². The number of anilines is 1. The van der Waals surface area contributed by atoms with E-state index in [1.165, 1.54) is 34.4 Å². The van der Waals surface area contributed by atoms with Crippen molar-refractivity contribution in [3.8, 4) is 0 Å². The summed E-state index contributed by atoms with van der Waals surface area (Å²) < 4.78 is 0. The van der Waals surface area contributed by atoms with E-state index < -0.39 is 0 Å². The predicted octanol–water partition coefficient (Wildman–Crippen LogP) is 4.52. The second kappa shape index (κ2) is 6.23. The van der Waals surface area contributed by atoms with Crippen LogP contribution in [0.4, 0.5) is 5.69 Å². The largest absolute Gasteiger partial charge is 0.362 e. The smallest absolute Gasteiger partial charge is 0.0534 e. The van der Waals surface area contributed by atoms with Crippen molar-refractivity contribution >= 4 is 11.3 Å². The van der Waals surface area contributed by atoms with Gasteiger partial charge in [0.2, 0.25) is 0 Å². The van der Waals surface area contributed by atoms with Crippen LogP contribution in [-0.4, -0.2) is 18.6 Å². The molecular formula is C19H30N2. The highest BCUT2D eigenvalue weighted by Crippen LogP contribution is 2.40. The molecule has 2 nitrogen and oxygen atoms in total. The second-order valence-electron chi connectivity index (χ2n) is 6.71. The molecule has 1 aliphatic heterocycles. The molecule has 0 radical (unpaired) electrons. The van der Waals surface area contributed by atoms with Crippen LogP contribution < -0.4 is 10.2 Å². The van der Waals surface area contributed by atoms with Crippen molar-refractivity contribution in [3.63, 3.8) is 0 Å². The molecule has 0 aliphatic carbocycles. The van der Waals surface area contributed by atoms with Gasteiger partial charge in [0.15, 0.2) is 0 Å². The van der Waals surface area contributed by atoms with E-state index in [4.69, 9.17) is 0 Å². The summed E-state index contributed by atoms with van der Waals surface area (Å²) in [5, 5.41) is 3.45. The molecule has 0 bridgehead atoms. The first-order valence-corrected chi connectivity index (χ1v) is 8.22. The maximum atomic E-state index is 3.45. The van der Waals surface area contributed by atoms with Crippen LogP contribution >= 0.6 is 0 Å². The summed E-state index contributed by atoms with van der Waals surface area (Å²) in [6.07, 6.45) is 3.59. The molecule has 0 unspecified atom stereocenters. The molecule has 1 N–H and O–H groups in total. The monoisotopic (exact) mass is 286 g/mol. The Balaban J connectivity index is 2.50. The minimum atomic E-state index is 0.0999. The molecule has 0 fully saturated rings. The Morgan fingerprint density at radius 3 is 2.48 bits per heavy atom. The maximum absolute atomic E-state index is 3.45. The minimum absolute atomic E-state index is 0.0999. The molecule has 0 atom stereocenters. The lowest BCUT2D eigenvalue weighted by Crippen LogP contribution is -2.45. The van der Waals surface area contributed by atoms with Crippen molar-refractivity contribution in [1.29, 1.82) is 0 Å². The highest BCUT2D eigenvalue weighted by molar-refractivity contribution is 5.82. The lowest BCUT2D eigenvalue weighted by Gasteiger charge is -2.43. The van der Waals surface area contributed by atoms with Crippen LogP contribution in [0.5, 0.6) is 0 Å². The standard InChI is InChI=1S/C19H30N2/c1-7-9-21-18-10-14(3)16(13-20-8-2)11-17(18)15(4)12-19(21,5)6/h10-12,20H,7-9,13H2,1-6H3. The van der Waals surface area contributed by atoms with Gasteiger partial charge in [0.1, 0.15) is 0 Å². The van der Waals surface area contributed by atoms with Gasteiger partial charge in [-0.3, -0.25) is 0 Å². The number of nitrogens with one attached hydrogen (secondary N) is 1. The molecule has 1 heterocycles. The quantitative estimate of drug-likeness (QED) is 0.856. The third kappa shape index (κ3) is 3.16. The van der Waals surface area contributed by atoms with Gasteiger partial charge in [0, 0.05) is 24.3 Å². The summed E-state index contributed by atoms with van der Waals surface area (Å²) in [4.78, 5) is 2.55. The zero-order valence-electron chi connectivity index (χ0n) is 14.5. The van der Waals surface area contributed by atoms with Crippen LogP contribution in [0.3, 0.4) is 0 Å². The molecule has 0 spiro atoms. The highest BCUT2D eigenvalue weighted by atomic mass is 15.2. The van der Waals surface area contributed by atoms with Crippen LogP contribution in [0.25, 0.3) is 5.57 Å². The zero-order valence-corrected chi connectivity index (χ0v) is 14.5. The molecule has 0 amide bonds. The Morgan fingerprint density at radius 2 is 1.86 bits per heavy atom. The topological polar surface area (TPSA) is 15.3 Å². The van der Waals surface area contributed by atoms with Crippen molar-refractivity contribution in [2.75, 3.05) is 18.0 Å². The fourth-order valence-corrected chi connectivity index (χ4v) is 3.35. The molecular weight excluding hydrogens is 256 g/mol. The van der Waals surface area contributed by atoms with Crippen molar-refractivity contribution in [3.05, 3.63) is 34.9 Å². The van der Waals surface area contributed by atoms with E-state index in [-0.39, 0.29) is 5.54 Å². The molecule has 0 saturated heterocycles. The molecule has 2 heteroatoms. The Hall–Kier alpha value is -1.28. The van der Waals surface area contributed by atoms with E-state index in [1.54, 1.807) is 0 Å². The SMILES string of the molecule is CCCN1c2cc(C)c(CNCC)cc2C(C)=CC1(C)C. The molecule has 1 aromatic carbocycles. The average molecular weight is 286 g/mol. The van der Waals surface area contributed by atoms with Crippen LogP contribution in [0, 0.1) is 6.92 Å². The Labute approximate surface area is 130 Å². The number of hydrogen-bond acceptors (Lipinski definition) is 2. The number of nitrogens with zero attached hydrogens (tertiary/aromatic N) is 1. The first kappa shape index (κ1) is 16.1. The predicted molar refractivity (Wildman–Crippen MR) is 93.9 cm³/mol. The number of benzene rings is 1. The normalized spacial score (nSPS) is 16.7. The number of fused-ring (bicyclic) bond motifs is 1. The van der Waals surface area contributed by atoms with Gasteiger partial charge >= 0.3 is 0 Å². The fourth-order valence-electron chi connectivity index (χ4n) is 3.35. The van der Waals surface area contributed by atoms with Crippen molar-refractivity contribution in [2.24, 2.45) is 0 Å². The van der Waals surface area contributed by atoms with E-state index in [2.05, 4.69) is 70.0 Å². The third-order valence-corrected chi connectivity index (χ3v) is 4.45. The van der Waals surface area contributed by atoms with Gasteiger partial charge in [0.05, 0.1) is 5.54 Å². The van der Waals surface area contributed by atoms with E-state index >= 15 is 0 Å². The van der Waals surface area contributed by atoms with Gasteiger partial charge in [-0.2, -0.15) is 0 Å². The molecule has 21 heavy (non-hydrogen) atoms. The number of hydrogen-bond donors (Lipinski definition) is 1. The Morgan fingerprint density at radius 1 is 1.14 bits per heavy atom. The fraction of sp³-hybridized carbons (Fsp3) is 0.579. The van der Waals surface area contributed by atoms with E-state index in [9.17, 15) is 0 Å². The van der Waals surface area contributed by atoms with Gasteiger partial charge in [-0.25, -0.2) is 0 Å². The lowest BCUT2D eigenvalue weighted by atomic mass is 9.86. The number of aryl methyl sites for hydroxylation is 1. The molecule has 0 aromatic heterocycles. The molecule has 2 rings (SSSR count). The van der Waals surface area contributed by atoms with E-state index in [0.717, 1.165) is 19.6 Å². The van der Waals surface area contributed by atoms with Crippen LogP contribution in [0.2, 0.25) is 0 Å². The number of allylic oxidation sites excluding steroid dienone is 1.